The maximum absolute atomic E-state index is 6.12. The van der Waals surface area contributed by atoms with Gasteiger partial charge in [0.1, 0.15) is 0 Å². The lowest BCUT2D eigenvalue weighted by molar-refractivity contribution is 0.529. The van der Waals surface area contributed by atoms with Gasteiger partial charge in [0.05, 0.1) is 5.69 Å². The number of nitrogens with two attached hydrogens (primary N) is 2. The van der Waals surface area contributed by atoms with Crippen molar-refractivity contribution < 1.29 is 0 Å². The van der Waals surface area contributed by atoms with Gasteiger partial charge in [-0.15, -0.1) is 11.3 Å². The van der Waals surface area contributed by atoms with E-state index in [1.165, 1.54) is 10.4 Å². The van der Waals surface area contributed by atoms with E-state index in [1.807, 2.05) is 6.07 Å². The second kappa shape index (κ2) is 4.13. The van der Waals surface area contributed by atoms with E-state index in [9.17, 15) is 0 Å². The Kier molecular flexibility index (Phi) is 2.61. The number of benzene rings is 1. The number of hydrogen-bond acceptors (Lipinski definition) is 4. The Morgan fingerprint density at radius 2 is 2.00 bits per heavy atom. The number of nitrogen functional groups attached to an aromatic ring is 1. The van der Waals surface area contributed by atoms with Crippen molar-refractivity contribution in [3.05, 3.63) is 46.5 Å². The first-order chi connectivity index (χ1) is 8.24. The summed E-state index contributed by atoms with van der Waals surface area (Å²) in [6.45, 7) is 0. The molecule has 17 heavy (non-hydrogen) atoms. The summed E-state index contributed by atoms with van der Waals surface area (Å²) in [4.78, 5) is 5.74. The van der Waals surface area contributed by atoms with Crippen molar-refractivity contribution in [2.45, 2.75) is 24.8 Å². The van der Waals surface area contributed by atoms with Gasteiger partial charge in [-0.05, 0) is 18.4 Å². The van der Waals surface area contributed by atoms with Crippen molar-refractivity contribution in [1.29, 1.82) is 0 Å². The Hall–Kier alpha value is -1.39. The molecule has 3 nitrogen and oxygen atoms in total. The molecule has 0 radical (unpaired) electrons. The minimum Gasteiger partial charge on any atom is -0.375 e. The van der Waals surface area contributed by atoms with Crippen molar-refractivity contribution in [2.24, 2.45) is 5.73 Å². The van der Waals surface area contributed by atoms with Crippen molar-refractivity contribution >= 4 is 16.5 Å². The van der Waals surface area contributed by atoms with E-state index in [-0.39, 0.29) is 6.04 Å². The predicted molar refractivity (Wildman–Crippen MR) is 71.1 cm³/mol. The van der Waals surface area contributed by atoms with Crippen LogP contribution < -0.4 is 11.5 Å². The highest BCUT2D eigenvalue weighted by Gasteiger charge is 2.29. The average Bonchev–Trinajstić information content (AvgIpc) is 2.69. The van der Waals surface area contributed by atoms with Crippen molar-refractivity contribution in [3.8, 4) is 0 Å². The summed E-state index contributed by atoms with van der Waals surface area (Å²) in [7, 11) is 0. The zero-order valence-electron chi connectivity index (χ0n) is 9.47. The molecule has 3 rings (SSSR count). The summed E-state index contributed by atoms with van der Waals surface area (Å²) in [6.07, 6.45) is 1.87. The first-order valence-corrected chi connectivity index (χ1v) is 6.61. The van der Waals surface area contributed by atoms with Gasteiger partial charge in [0.15, 0.2) is 5.13 Å². The van der Waals surface area contributed by atoms with Gasteiger partial charge in [0, 0.05) is 16.8 Å². The number of aromatic nitrogens is 1. The molecular formula is C13H15N3S. The van der Waals surface area contributed by atoms with E-state index in [1.54, 1.807) is 11.3 Å². The van der Waals surface area contributed by atoms with Crippen LogP contribution in [0.15, 0.2) is 30.3 Å². The van der Waals surface area contributed by atoms with E-state index >= 15 is 0 Å². The maximum atomic E-state index is 6.12. The van der Waals surface area contributed by atoms with Gasteiger partial charge in [-0.1, -0.05) is 30.3 Å². The summed E-state index contributed by atoms with van der Waals surface area (Å²) < 4.78 is 0. The largest absolute Gasteiger partial charge is 0.375 e. The highest BCUT2D eigenvalue weighted by molar-refractivity contribution is 7.15. The van der Waals surface area contributed by atoms with E-state index < -0.39 is 0 Å². The summed E-state index contributed by atoms with van der Waals surface area (Å²) in [5.41, 5.74) is 14.4. The third-order valence-electron chi connectivity index (χ3n) is 3.26. The van der Waals surface area contributed by atoms with Crippen LogP contribution in [0.2, 0.25) is 0 Å². The molecule has 4 N–H and O–H groups in total. The van der Waals surface area contributed by atoms with Crippen molar-refractivity contribution in [3.63, 3.8) is 0 Å². The smallest absolute Gasteiger partial charge is 0.180 e. The minimum atomic E-state index is 0.215. The molecule has 0 saturated carbocycles. The Morgan fingerprint density at radius 3 is 2.76 bits per heavy atom. The molecule has 0 spiro atoms. The fourth-order valence-electron chi connectivity index (χ4n) is 2.52. The first-order valence-electron chi connectivity index (χ1n) is 5.79. The summed E-state index contributed by atoms with van der Waals surface area (Å²) in [6, 6.07) is 10.6. The first kappa shape index (κ1) is 10.7. The lowest BCUT2D eigenvalue weighted by Crippen LogP contribution is -2.30. The fourth-order valence-corrected chi connectivity index (χ4v) is 3.50. The molecule has 1 aliphatic carbocycles. The molecule has 0 amide bonds. The van der Waals surface area contributed by atoms with Crippen LogP contribution in [0.1, 0.15) is 28.5 Å². The number of fused-ring (bicyclic) bond motifs is 1. The SMILES string of the molecule is Nc1nc2c(s1)CC(N)CC2c1ccccc1. The quantitative estimate of drug-likeness (QED) is 0.809. The van der Waals surface area contributed by atoms with Gasteiger partial charge in [0.2, 0.25) is 0 Å². The summed E-state index contributed by atoms with van der Waals surface area (Å²) in [5, 5.41) is 0.657. The van der Waals surface area contributed by atoms with Gasteiger partial charge < -0.3 is 11.5 Å². The van der Waals surface area contributed by atoms with Crippen LogP contribution in [0.5, 0.6) is 0 Å². The molecule has 1 aliphatic rings. The highest BCUT2D eigenvalue weighted by Crippen LogP contribution is 2.38. The molecule has 1 aromatic heterocycles. The third-order valence-corrected chi connectivity index (χ3v) is 4.18. The number of nitrogens with zero attached hydrogens (tertiary/aromatic N) is 1. The Morgan fingerprint density at radius 1 is 1.24 bits per heavy atom. The zero-order valence-corrected chi connectivity index (χ0v) is 10.3. The molecule has 2 aromatic rings. The van der Waals surface area contributed by atoms with Gasteiger partial charge >= 0.3 is 0 Å². The molecule has 0 saturated heterocycles. The Labute approximate surface area is 104 Å². The third kappa shape index (κ3) is 1.94. The average molecular weight is 245 g/mol. The van der Waals surface area contributed by atoms with Gasteiger partial charge in [-0.25, -0.2) is 4.98 Å². The van der Waals surface area contributed by atoms with Crippen molar-refractivity contribution in [1.82, 2.24) is 4.98 Å². The normalized spacial score (nSPS) is 23.4. The lowest BCUT2D eigenvalue weighted by Gasteiger charge is -2.26. The van der Waals surface area contributed by atoms with E-state index in [4.69, 9.17) is 11.5 Å². The van der Waals surface area contributed by atoms with Crippen LogP contribution in [0, 0.1) is 0 Å². The molecule has 0 fully saturated rings. The molecule has 4 heteroatoms. The van der Waals surface area contributed by atoms with Gasteiger partial charge in [0.25, 0.3) is 0 Å². The number of thiazole rings is 1. The molecule has 1 heterocycles. The number of rotatable bonds is 1. The van der Waals surface area contributed by atoms with Crippen LogP contribution >= 0.6 is 11.3 Å². The molecule has 0 aliphatic heterocycles. The van der Waals surface area contributed by atoms with Crippen LogP contribution in [-0.4, -0.2) is 11.0 Å². The van der Waals surface area contributed by atoms with E-state index in [2.05, 4.69) is 29.2 Å². The number of hydrogen-bond donors (Lipinski definition) is 2. The summed E-state index contributed by atoms with van der Waals surface area (Å²) in [5.74, 6) is 0.309. The van der Waals surface area contributed by atoms with Gasteiger partial charge in [-0.2, -0.15) is 0 Å². The van der Waals surface area contributed by atoms with Crippen LogP contribution in [0.4, 0.5) is 5.13 Å². The molecule has 0 bridgehead atoms. The van der Waals surface area contributed by atoms with Crippen LogP contribution in [0.3, 0.4) is 0 Å². The van der Waals surface area contributed by atoms with Crippen LogP contribution in [-0.2, 0) is 6.42 Å². The van der Waals surface area contributed by atoms with Crippen molar-refractivity contribution in [2.75, 3.05) is 5.73 Å². The fraction of sp³-hybridized carbons (Fsp3) is 0.308. The zero-order chi connectivity index (χ0) is 11.8. The maximum Gasteiger partial charge on any atom is 0.180 e. The van der Waals surface area contributed by atoms with Gasteiger partial charge in [-0.3, -0.25) is 0 Å². The van der Waals surface area contributed by atoms with E-state index in [0.29, 0.717) is 11.0 Å². The molecule has 88 valence electrons. The molecular weight excluding hydrogens is 230 g/mol. The topological polar surface area (TPSA) is 64.9 Å². The lowest BCUT2D eigenvalue weighted by atomic mass is 9.83. The second-order valence-electron chi connectivity index (χ2n) is 4.52. The second-order valence-corrected chi connectivity index (χ2v) is 5.64. The number of anilines is 1. The van der Waals surface area contributed by atoms with Crippen LogP contribution in [0.25, 0.3) is 0 Å². The highest BCUT2D eigenvalue weighted by atomic mass is 32.1. The minimum absolute atomic E-state index is 0.215. The monoisotopic (exact) mass is 245 g/mol. The Bertz CT molecular complexity index is 521. The Balaban J connectivity index is 2.06. The van der Waals surface area contributed by atoms with E-state index in [0.717, 1.165) is 18.5 Å². The molecule has 2 atom stereocenters. The standard InChI is InChI=1S/C13H15N3S/c14-9-6-10(8-4-2-1-3-5-8)12-11(7-9)17-13(15)16-12/h1-5,9-10H,6-7,14H2,(H2,15,16). The summed E-state index contributed by atoms with van der Waals surface area (Å²) >= 11 is 1.58. The molecule has 2 unspecified atom stereocenters. The molecule has 1 aromatic carbocycles. The predicted octanol–water partition coefficient (Wildman–Crippen LogP) is 2.13.